The van der Waals surface area contributed by atoms with Crippen LogP contribution in [0.5, 0.6) is 0 Å². The fourth-order valence-electron chi connectivity index (χ4n) is 1.32. The molecule has 2 heteroatoms. The van der Waals surface area contributed by atoms with Crippen molar-refractivity contribution in [3.63, 3.8) is 0 Å². The molecular formula is C13H15ClO. The lowest BCUT2D eigenvalue weighted by molar-refractivity contribution is -0.114. The quantitative estimate of drug-likeness (QED) is 0.694. The van der Waals surface area contributed by atoms with Crippen molar-refractivity contribution < 1.29 is 4.79 Å². The molecular weight excluding hydrogens is 208 g/mol. The molecule has 0 aliphatic rings. The number of ketones is 1. The number of hydrogen-bond donors (Lipinski definition) is 0. The molecule has 0 heterocycles. The first-order valence-electron chi connectivity index (χ1n) is 5.16. The van der Waals surface area contributed by atoms with Crippen LogP contribution < -0.4 is 0 Å². The minimum Gasteiger partial charge on any atom is -0.293 e. The lowest BCUT2D eigenvalue weighted by Crippen LogP contribution is -2.00. The molecule has 1 nitrogen and oxygen atoms in total. The predicted molar refractivity (Wildman–Crippen MR) is 64.0 cm³/mol. The van der Waals surface area contributed by atoms with Crippen molar-refractivity contribution in [3.8, 4) is 0 Å². The number of allylic oxidation sites excluding steroid dienone is 2. The molecule has 0 aliphatic carbocycles. The van der Waals surface area contributed by atoms with Crippen molar-refractivity contribution in [1.29, 1.82) is 0 Å². The van der Waals surface area contributed by atoms with Gasteiger partial charge in [0.15, 0.2) is 5.78 Å². The Kier molecular flexibility index (Phi) is 5.13. The molecule has 1 rings (SSSR count). The highest BCUT2D eigenvalue weighted by molar-refractivity contribution is 6.42. The highest BCUT2D eigenvalue weighted by Crippen LogP contribution is 2.10. The Morgan fingerprint density at radius 3 is 2.60 bits per heavy atom. The van der Waals surface area contributed by atoms with Crippen LogP contribution in [0, 0.1) is 0 Å². The van der Waals surface area contributed by atoms with Gasteiger partial charge in [0, 0.05) is 6.42 Å². The molecule has 0 spiro atoms. The van der Waals surface area contributed by atoms with E-state index < -0.39 is 0 Å². The minimum absolute atomic E-state index is 0.0300. The fourth-order valence-corrected chi connectivity index (χ4v) is 1.56. The van der Waals surface area contributed by atoms with Gasteiger partial charge in [-0.25, -0.2) is 0 Å². The van der Waals surface area contributed by atoms with Crippen molar-refractivity contribution in [2.75, 3.05) is 0 Å². The number of halogens is 1. The van der Waals surface area contributed by atoms with Gasteiger partial charge in [-0.15, -0.1) is 0 Å². The van der Waals surface area contributed by atoms with E-state index in [0.29, 0.717) is 11.5 Å². The second-order valence-corrected chi connectivity index (χ2v) is 3.78. The van der Waals surface area contributed by atoms with Crippen LogP contribution in [0.15, 0.2) is 41.4 Å². The SMILES string of the molecule is CC/C=C(\Cl)C(=O)CCc1ccccc1. The van der Waals surface area contributed by atoms with Gasteiger partial charge in [-0.05, 0) is 18.4 Å². The van der Waals surface area contributed by atoms with Gasteiger partial charge in [0.2, 0.25) is 0 Å². The average Bonchev–Trinajstić information content (AvgIpc) is 2.27. The third kappa shape index (κ3) is 4.30. The number of hydrogen-bond acceptors (Lipinski definition) is 1. The smallest absolute Gasteiger partial charge is 0.174 e. The zero-order chi connectivity index (χ0) is 11.1. The van der Waals surface area contributed by atoms with E-state index in [9.17, 15) is 4.79 Å². The number of carbonyl (C=O) groups is 1. The molecule has 0 N–H and O–H groups in total. The maximum Gasteiger partial charge on any atom is 0.174 e. The topological polar surface area (TPSA) is 17.1 Å². The van der Waals surface area contributed by atoms with Gasteiger partial charge in [0.05, 0.1) is 5.03 Å². The average molecular weight is 223 g/mol. The zero-order valence-electron chi connectivity index (χ0n) is 8.87. The van der Waals surface area contributed by atoms with Gasteiger partial charge in [-0.2, -0.15) is 0 Å². The molecule has 0 aromatic heterocycles. The minimum atomic E-state index is 0.0300. The van der Waals surface area contributed by atoms with Crippen LogP contribution in [-0.2, 0) is 11.2 Å². The molecule has 1 aromatic rings. The number of rotatable bonds is 5. The van der Waals surface area contributed by atoms with E-state index in [2.05, 4.69) is 0 Å². The third-order valence-corrected chi connectivity index (χ3v) is 2.50. The summed E-state index contributed by atoms with van der Waals surface area (Å²) in [5.74, 6) is 0.0300. The van der Waals surface area contributed by atoms with Crippen molar-refractivity contribution in [3.05, 3.63) is 47.0 Å². The number of Topliss-reactive ketones (excluding diaryl/α,β-unsaturated/α-hetero) is 1. The van der Waals surface area contributed by atoms with E-state index in [0.717, 1.165) is 12.8 Å². The fraction of sp³-hybridized carbons (Fsp3) is 0.308. The van der Waals surface area contributed by atoms with E-state index in [-0.39, 0.29) is 5.78 Å². The number of benzene rings is 1. The zero-order valence-corrected chi connectivity index (χ0v) is 9.63. The van der Waals surface area contributed by atoms with Crippen molar-refractivity contribution in [2.45, 2.75) is 26.2 Å². The summed E-state index contributed by atoms with van der Waals surface area (Å²) >= 11 is 5.81. The molecule has 80 valence electrons. The van der Waals surface area contributed by atoms with Crippen LogP contribution in [0.1, 0.15) is 25.3 Å². The van der Waals surface area contributed by atoms with Gasteiger partial charge in [0.1, 0.15) is 0 Å². The molecule has 0 amide bonds. The van der Waals surface area contributed by atoms with E-state index in [1.54, 1.807) is 6.08 Å². The molecule has 0 fully saturated rings. The Bertz CT molecular complexity index is 341. The van der Waals surface area contributed by atoms with Gasteiger partial charge in [-0.3, -0.25) is 4.79 Å². The molecule has 15 heavy (non-hydrogen) atoms. The summed E-state index contributed by atoms with van der Waals surface area (Å²) in [6.07, 6.45) is 3.80. The number of carbonyl (C=O) groups excluding carboxylic acids is 1. The Hall–Kier alpha value is -1.08. The first-order chi connectivity index (χ1) is 7.24. The summed E-state index contributed by atoms with van der Waals surface area (Å²) in [5.41, 5.74) is 1.17. The van der Waals surface area contributed by atoms with Crippen LogP contribution in [-0.4, -0.2) is 5.78 Å². The summed E-state index contributed by atoms with van der Waals surface area (Å²) in [4.78, 5) is 11.5. The Morgan fingerprint density at radius 1 is 1.33 bits per heavy atom. The van der Waals surface area contributed by atoms with Crippen molar-refractivity contribution in [2.24, 2.45) is 0 Å². The van der Waals surface area contributed by atoms with Crippen LogP contribution in [0.25, 0.3) is 0 Å². The van der Waals surface area contributed by atoms with E-state index in [4.69, 9.17) is 11.6 Å². The van der Waals surface area contributed by atoms with Gasteiger partial charge in [-0.1, -0.05) is 54.9 Å². The largest absolute Gasteiger partial charge is 0.293 e. The maximum atomic E-state index is 11.5. The van der Waals surface area contributed by atoms with Crippen LogP contribution >= 0.6 is 11.6 Å². The third-order valence-electron chi connectivity index (χ3n) is 2.13. The highest BCUT2D eigenvalue weighted by atomic mass is 35.5. The first kappa shape index (κ1) is 12.0. The lowest BCUT2D eigenvalue weighted by atomic mass is 10.1. The van der Waals surface area contributed by atoms with Crippen molar-refractivity contribution in [1.82, 2.24) is 0 Å². The monoisotopic (exact) mass is 222 g/mol. The molecule has 0 bridgehead atoms. The Balaban J connectivity index is 2.45. The Morgan fingerprint density at radius 2 is 2.00 bits per heavy atom. The second-order valence-electron chi connectivity index (χ2n) is 3.37. The molecule has 0 radical (unpaired) electrons. The van der Waals surface area contributed by atoms with Gasteiger partial charge in [0.25, 0.3) is 0 Å². The highest BCUT2D eigenvalue weighted by Gasteiger charge is 2.05. The van der Waals surface area contributed by atoms with Crippen LogP contribution in [0.2, 0.25) is 0 Å². The predicted octanol–water partition coefficient (Wildman–Crippen LogP) is 3.72. The summed E-state index contributed by atoms with van der Waals surface area (Å²) in [6, 6.07) is 9.96. The van der Waals surface area contributed by atoms with E-state index >= 15 is 0 Å². The summed E-state index contributed by atoms with van der Waals surface area (Å²) < 4.78 is 0. The second kappa shape index (κ2) is 6.41. The van der Waals surface area contributed by atoms with Gasteiger partial charge < -0.3 is 0 Å². The van der Waals surface area contributed by atoms with Crippen LogP contribution in [0.4, 0.5) is 0 Å². The van der Waals surface area contributed by atoms with E-state index in [1.165, 1.54) is 5.56 Å². The number of aryl methyl sites for hydroxylation is 1. The first-order valence-corrected chi connectivity index (χ1v) is 5.54. The molecule has 0 atom stereocenters. The Labute approximate surface area is 95.8 Å². The lowest BCUT2D eigenvalue weighted by Gasteiger charge is -2.00. The molecule has 0 saturated carbocycles. The normalized spacial score (nSPS) is 11.5. The standard InChI is InChI=1S/C13H15ClO/c1-2-6-12(14)13(15)10-9-11-7-4-3-5-8-11/h3-8H,2,9-10H2,1H3/b12-6-. The van der Waals surface area contributed by atoms with E-state index in [1.807, 2.05) is 37.3 Å². The summed E-state index contributed by atoms with van der Waals surface area (Å²) in [7, 11) is 0. The molecule has 0 saturated heterocycles. The summed E-state index contributed by atoms with van der Waals surface area (Å²) in [5, 5.41) is 0.369. The molecule has 1 aromatic carbocycles. The van der Waals surface area contributed by atoms with Crippen molar-refractivity contribution >= 4 is 17.4 Å². The molecule has 0 aliphatic heterocycles. The molecule has 0 unspecified atom stereocenters. The summed E-state index contributed by atoms with van der Waals surface area (Å²) in [6.45, 7) is 1.97. The van der Waals surface area contributed by atoms with Gasteiger partial charge >= 0.3 is 0 Å². The maximum absolute atomic E-state index is 11.5. The van der Waals surface area contributed by atoms with Crippen LogP contribution in [0.3, 0.4) is 0 Å².